The number of allylic oxidation sites excluding steroid dienone is 2. The average molecular weight is 398 g/mol. The predicted octanol–water partition coefficient (Wildman–Crippen LogP) is 4.50. The molecule has 0 saturated carbocycles. The minimum absolute atomic E-state index is 0.0721. The molecule has 1 amide bonds. The van der Waals surface area contributed by atoms with E-state index >= 15 is 0 Å². The Morgan fingerprint density at radius 1 is 1.48 bits per heavy atom. The number of benzene rings is 1. The van der Waals surface area contributed by atoms with Crippen molar-refractivity contribution in [3.05, 3.63) is 41.6 Å². The molecule has 2 rings (SSSR count). The Bertz CT molecular complexity index is 633. The van der Waals surface area contributed by atoms with Gasteiger partial charge in [0.15, 0.2) is 0 Å². The van der Waals surface area contributed by atoms with Gasteiger partial charge in [0.2, 0.25) is 5.91 Å². The van der Waals surface area contributed by atoms with Gasteiger partial charge in [-0.25, -0.2) is 3.15 Å². The molecule has 4 nitrogen and oxygen atoms in total. The lowest BCUT2D eigenvalue weighted by atomic mass is 9.98. The summed E-state index contributed by atoms with van der Waals surface area (Å²) in [5.74, 6) is 0.792. The summed E-state index contributed by atoms with van der Waals surface area (Å²) in [4.78, 5) is 13.3. The van der Waals surface area contributed by atoms with Gasteiger partial charge in [-0.3, -0.25) is 4.79 Å². The number of hydrogen-bond acceptors (Lipinski definition) is 3. The van der Waals surface area contributed by atoms with Crippen LogP contribution in [-0.2, 0) is 4.79 Å². The van der Waals surface area contributed by atoms with Gasteiger partial charge in [-0.2, -0.15) is 0 Å². The quantitative estimate of drug-likeness (QED) is 0.602. The molecule has 0 bridgehead atoms. The SMILES string of the molecule is C/C=C(/C=C1/CCOc2ccc(NC(C)=O)cc21)N=IC. The van der Waals surface area contributed by atoms with Gasteiger partial charge in [0.1, 0.15) is 5.75 Å². The number of alkyl halides is 1. The molecule has 0 unspecified atom stereocenters. The second-order valence-corrected chi connectivity index (χ2v) is 6.07. The Labute approximate surface area is 135 Å². The van der Waals surface area contributed by atoms with Crippen LogP contribution in [0.25, 0.3) is 5.57 Å². The van der Waals surface area contributed by atoms with Crippen molar-refractivity contribution in [2.45, 2.75) is 20.3 Å². The van der Waals surface area contributed by atoms with Crippen molar-refractivity contribution < 1.29 is 9.53 Å². The zero-order valence-electron chi connectivity index (χ0n) is 12.4. The maximum Gasteiger partial charge on any atom is 0.221 e. The second kappa shape index (κ2) is 7.49. The van der Waals surface area contributed by atoms with Gasteiger partial charge in [0.25, 0.3) is 0 Å². The first-order valence-corrected chi connectivity index (χ1v) is 9.87. The largest absolute Gasteiger partial charge is 0.493 e. The number of fused-ring (bicyclic) bond motifs is 1. The van der Waals surface area contributed by atoms with E-state index in [2.05, 4.69) is 19.5 Å². The third-order valence-electron chi connectivity index (χ3n) is 3.07. The van der Waals surface area contributed by atoms with Crippen LogP contribution < -0.4 is 10.1 Å². The second-order valence-electron chi connectivity index (χ2n) is 4.63. The highest BCUT2D eigenvalue weighted by atomic mass is 127. The molecule has 0 saturated heterocycles. The molecule has 1 heterocycles. The fourth-order valence-corrected chi connectivity index (χ4v) is 3.15. The molecule has 1 aromatic rings. The maximum atomic E-state index is 11.2. The summed E-state index contributed by atoms with van der Waals surface area (Å²) in [5.41, 5.74) is 4.06. The van der Waals surface area contributed by atoms with E-state index in [4.69, 9.17) is 4.74 Å². The van der Waals surface area contributed by atoms with Gasteiger partial charge in [0, 0.05) is 29.5 Å². The van der Waals surface area contributed by atoms with Gasteiger partial charge in [0.05, 0.1) is 12.3 Å². The van der Waals surface area contributed by atoms with Crippen LogP contribution in [0.5, 0.6) is 5.75 Å². The molecule has 0 spiro atoms. The molecule has 112 valence electrons. The predicted molar refractivity (Wildman–Crippen MR) is 95.0 cm³/mol. The average Bonchev–Trinajstić information content (AvgIpc) is 2.46. The van der Waals surface area contributed by atoms with E-state index < -0.39 is 0 Å². The lowest BCUT2D eigenvalue weighted by molar-refractivity contribution is -0.114. The van der Waals surface area contributed by atoms with Crippen LogP contribution in [0.15, 0.2) is 39.2 Å². The van der Waals surface area contributed by atoms with E-state index in [1.807, 2.05) is 31.2 Å². The highest BCUT2D eigenvalue weighted by molar-refractivity contribution is 14.2. The van der Waals surface area contributed by atoms with Gasteiger partial charge < -0.3 is 10.1 Å². The molecule has 0 aliphatic carbocycles. The van der Waals surface area contributed by atoms with Crippen molar-refractivity contribution in [2.24, 2.45) is 3.15 Å². The fraction of sp³-hybridized carbons (Fsp3) is 0.312. The Morgan fingerprint density at radius 2 is 2.29 bits per heavy atom. The van der Waals surface area contributed by atoms with Crippen LogP contribution in [0.4, 0.5) is 5.69 Å². The minimum atomic E-state index is -0.131. The van der Waals surface area contributed by atoms with Crippen LogP contribution in [0.3, 0.4) is 0 Å². The third kappa shape index (κ3) is 4.23. The Balaban J connectivity index is 2.41. The lowest BCUT2D eigenvalue weighted by Gasteiger charge is -2.21. The van der Waals surface area contributed by atoms with E-state index in [1.165, 1.54) is 12.5 Å². The van der Waals surface area contributed by atoms with Crippen molar-refractivity contribution in [3.8, 4) is 5.75 Å². The minimum Gasteiger partial charge on any atom is -0.493 e. The smallest absolute Gasteiger partial charge is 0.221 e. The molecule has 1 aliphatic heterocycles. The van der Waals surface area contributed by atoms with Gasteiger partial charge in [-0.05, 0) is 57.8 Å². The highest BCUT2D eigenvalue weighted by Gasteiger charge is 2.16. The summed E-state index contributed by atoms with van der Waals surface area (Å²) in [6, 6.07) is 5.74. The zero-order chi connectivity index (χ0) is 15.2. The summed E-state index contributed by atoms with van der Waals surface area (Å²) in [6.45, 7) is 4.19. The number of amides is 1. The van der Waals surface area contributed by atoms with Crippen LogP contribution in [0, 0.1) is 0 Å². The molecule has 0 radical (unpaired) electrons. The molecule has 0 fully saturated rings. The van der Waals surface area contributed by atoms with Crippen molar-refractivity contribution >= 4 is 38.2 Å². The molecule has 1 aromatic carbocycles. The number of ether oxygens (including phenoxy) is 1. The highest BCUT2D eigenvalue weighted by Crippen LogP contribution is 2.35. The first-order chi connectivity index (χ1) is 10.1. The maximum absolute atomic E-state index is 11.2. The number of nitrogens with zero attached hydrogens (tertiary/aromatic N) is 1. The zero-order valence-corrected chi connectivity index (χ0v) is 14.6. The monoisotopic (exact) mass is 398 g/mol. The number of carbonyl (C=O) groups excluding carboxylic acids is 1. The first-order valence-electron chi connectivity index (χ1n) is 6.75. The van der Waals surface area contributed by atoms with Crippen LogP contribution >= 0.6 is 21.0 Å². The lowest BCUT2D eigenvalue weighted by Crippen LogP contribution is -2.10. The molecule has 0 atom stereocenters. The molecule has 1 aliphatic rings. The summed E-state index contributed by atoms with van der Waals surface area (Å²) in [5, 5.41) is 2.81. The number of nitrogens with one attached hydrogen (secondary N) is 1. The van der Waals surface area contributed by atoms with Gasteiger partial charge in [-0.15, -0.1) is 0 Å². The van der Waals surface area contributed by atoms with Crippen LogP contribution in [0.1, 0.15) is 25.8 Å². The van der Waals surface area contributed by atoms with E-state index in [0.29, 0.717) is 6.61 Å². The van der Waals surface area contributed by atoms with Crippen LogP contribution in [-0.4, -0.2) is 17.4 Å². The molecular weight excluding hydrogens is 379 g/mol. The summed E-state index contributed by atoms with van der Waals surface area (Å²) in [6.07, 6.45) is 5.01. The van der Waals surface area contributed by atoms with Gasteiger partial charge >= 0.3 is 0 Å². The van der Waals surface area contributed by atoms with Crippen molar-refractivity contribution in [2.75, 3.05) is 16.9 Å². The van der Waals surface area contributed by atoms with E-state index in [9.17, 15) is 4.79 Å². The van der Waals surface area contributed by atoms with E-state index in [1.54, 1.807) is 0 Å². The standard InChI is InChI=1S/C16H19IN2O2/c1-4-13(19-17-3)9-12-7-8-21-16-6-5-14(10-15(12)16)18-11(2)20/h4-6,9-10H,7-8H2,1-3H3,(H,18,20)/b12-9-,13-4-. The third-order valence-corrected chi connectivity index (χ3v) is 4.11. The summed E-state index contributed by atoms with van der Waals surface area (Å²) >= 11 is -0.131. The van der Waals surface area contributed by atoms with Crippen molar-refractivity contribution in [3.63, 3.8) is 0 Å². The fourth-order valence-electron chi connectivity index (χ4n) is 2.18. The summed E-state index contributed by atoms with van der Waals surface area (Å²) in [7, 11) is 0. The molecule has 0 aromatic heterocycles. The van der Waals surface area contributed by atoms with E-state index in [0.717, 1.165) is 29.1 Å². The number of carbonyl (C=O) groups is 1. The number of halogens is 1. The Morgan fingerprint density at radius 3 is 2.95 bits per heavy atom. The topological polar surface area (TPSA) is 50.7 Å². The molecule has 21 heavy (non-hydrogen) atoms. The van der Waals surface area contributed by atoms with E-state index in [-0.39, 0.29) is 26.9 Å². The van der Waals surface area contributed by atoms with Crippen molar-refractivity contribution in [1.82, 2.24) is 0 Å². The molecular formula is C16H19IN2O2. The van der Waals surface area contributed by atoms with Gasteiger partial charge in [-0.1, -0.05) is 6.08 Å². The Kier molecular flexibility index (Phi) is 5.67. The first kappa shape index (κ1) is 15.9. The number of rotatable bonds is 3. The van der Waals surface area contributed by atoms with Crippen molar-refractivity contribution in [1.29, 1.82) is 0 Å². The Hall–Kier alpha value is -1.50. The summed E-state index contributed by atoms with van der Waals surface area (Å²) < 4.78 is 10.3. The molecule has 5 heteroatoms. The normalized spacial score (nSPS) is 17.1. The van der Waals surface area contributed by atoms with Crippen LogP contribution in [0.2, 0.25) is 0 Å². The number of anilines is 1. The molecule has 1 N–H and O–H groups in total. The number of hydrogen-bond donors (Lipinski definition) is 1.